The van der Waals surface area contributed by atoms with Gasteiger partial charge in [-0.25, -0.2) is 17.5 Å². The van der Waals surface area contributed by atoms with Crippen LogP contribution in [0.4, 0.5) is 4.79 Å². The van der Waals surface area contributed by atoms with Gasteiger partial charge in [-0.15, -0.1) is 0 Å². The number of carbonyl (C=O) groups is 1. The Hall–Kier alpha value is -1.56. The molecule has 2 rings (SSSR count). The van der Waals surface area contributed by atoms with E-state index in [2.05, 4.69) is 0 Å². The summed E-state index contributed by atoms with van der Waals surface area (Å²) in [5.74, 6) is 0. The molecule has 1 fully saturated rings. The summed E-state index contributed by atoms with van der Waals surface area (Å²) in [6, 6.07) is 5.26. The van der Waals surface area contributed by atoms with E-state index in [0.29, 0.717) is 12.8 Å². The summed E-state index contributed by atoms with van der Waals surface area (Å²) in [5, 5.41) is 0. The molecule has 0 atom stereocenters. The first-order chi connectivity index (χ1) is 9.43. The number of primary amides is 1. The van der Waals surface area contributed by atoms with Crippen molar-refractivity contribution in [1.29, 1.82) is 0 Å². The van der Waals surface area contributed by atoms with E-state index in [1.807, 2.05) is 6.92 Å². The van der Waals surface area contributed by atoms with Gasteiger partial charge in [0.15, 0.2) is 0 Å². The number of nitrogens with zero attached hydrogens (tertiary/aromatic N) is 1. The molecule has 0 bridgehead atoms. The second-order valence-electron chi connectivity index (χ2n) is 5.24. The number of nitrogens with two attached hydrogens (primary N) is 1. The third kappa shape index (κ3) is 2.95. The lowest BCUT2D eigenvalue weighted by molar-refractivity contribution is 0.208. The molecule has 20 heavy (non-hydrogen) atoms. The van der Waals surface area contributed by atoms with Gasteiger partial charge in [-0.05, 0) is 31.9 Å². The standard InChI is InChI=1S/C14H20N2O3S/c1-11-7-9-13(10-8-11)20(18,19)16(14(15)17)12-5-3-2-4-6-12/h7-10,12H,2-6H2,1H3,(H2,15,17). The second-order valence-corrected chi connectivity index (χ2v) is 7.06. The molecule has 0 spiro atoms. The van der Waals surface area contributed by atoms with Gasteiger partial charge in [0, 0.05) is 0 Å². The zero-order valence-electron chi connectivity index (χ0n) is 11.6. The summed E-state index contributed by atoms with van der Waals surface area (Å²) in [7, 11) is -3.86. The van der Waals surface area contributed by atoms with E-state index in [9.17, 15) is 13.2 Å². The van der Waals surface area contributed by atoms with E-state index in [4.69, 9.17) is 5.73 Å². The van der Waals surface area contributed by atoms with Crippen LogP contribution in [0.15, 0.2) is 29.2 Å². The van der Waals surface area contributed by atoms with Crippen LogP contribution in [0, 0.1) is 6.92 Å². The molecule has 5 nitrogen and oxygen atoms in total. The molecule has 1 aliphatic carbocycles. The quantitative estimate of drug-likeness (QED) is 0.930. The number of carbonyl (C=O) groups excluding carboxylic acids is 1. The van der Waals surface area contributed by atoms with E-state index in [0.717, 1.165) is 29.1 Å². The van der Waals surface area contributed by atoms with Gasteiger partial charge in [-0.2, -0.15) is 0 Å². The Kier molecular flexibility index (Phi) is 4.32. The van der Waals surface area contributed by atoms with Crippen LogP contribution in [-0.2, 0) is 10.0 Å². The van der Waals surface area contributed by atoms with Gasteiger partial charge in [0.1, 0.15) is 0 Å². The van der Waals surface area contributed by atoms with Gasteiger partial charge >= 0.3 is 6.03 Å². The van der Waals surface area contributed by atoms with E-state index in [1.54, 1.807) is 12.1 Å². The third-order valence-electron chi connectivity index (χ3n) is 3.70. The highest BCUT2D eigenvalue weighted by Crippen LogP contribution is 2.27. The summed E-state index contributed by atoms with van der Waals surface area (Å²) in [4.78, 5) is 11.8. The number of sulfonamides is 1. The Morgan fingerprint density at radius 2 is 1.70 bits per heavy atom. The molecule has 2 N–H and O–H groups in total. The van der Waals surface area contributed by atoms with E-state index < -0.39 is 16.1 Å². The van der Waals surface area contributed by atoms with Crippen molar-refractivity contribution in [3.8, 4) is 0 Å². The van der Waals surface area contributed by atoms with Crippen molar-refractivity contribution >= 4 is 16.1 Å². The molecule has 0 unspecified atom stereocenters. The average molecular weight is 296 g/mol. The predicted octanol–water partition coefficient (Wildman–Crippen LogP) is 2.40. The number of aryl methyl sites for hydroxylation is 1. The fourth-order valence-electron chi connectivity index (χ4n) is 2.63. The highest BCUT2D eigenvalue weighted by atomic mass is 32.2. The molecule has 0 radical (unpaired) electrons. The van der Waals surface area contributed by atoms with Crippen LogP contribution in [0.3, 0.4) is 0 Å². The highest BCUT2D eigenvalue weighted by molar-refractivity contribution is 7.89. The highest BCUT2D eigenvalue weighted by Gasteiger charge is 2.34. The Bertz CT molecular complexity index is 575. The first-order valence-electron chi connectivity index (χ1n) is 6.83. The Morgan fingerprint density at radius 3 is 2.20 bits per heavy atom. The maximum atomic E-state index is 12.6. The summed E-state index contributed by atoms with van der Waals surface area (Å²) < 4.78 is 26.1. The van der Waals surface area contributed by atoms with Gasteiger partial charge in [0.2, 0.25) is 0 Å². The van der Waals surface area contributed by atoms with Crippen LogP contribution in [0.2, 0.25) is 0 Å². The first kappa shape index (κ1) is 14.8. The fraction of sp³-hybridized carbons (Fsp3) is 0.500. The third-order valence-corrected chi connectivity index (χ3v) is 5.57. The van der Waals surface area contributed by atoms with E-state index in [-0.39, 0.29) is 10.9 Å². The first-order valence-corrected chi connectivity index (χ1v) is 8.27. The van der Waals surface area contributed by atoms with Crippen molar-refractivity contribution in [2.75, 3.05) is 0 Å². The summed E-state index contributed by atoms with van der Waals surface area (Å²) in [5.41, 5.74) is 6.29. The van der Waals surface area contributed by atoms with Crippen molar-refractivity contribution in [3.63, 3.8) is 0 Å². The molecule has 6 heteroatoms. The Balaban J connectivity index is 2.36. The maximum Gasteiger partial charge on any atom is 0.328 e. The van der Waals surface area contributed by atoms with Crippen molar-refractivity contribution < 1.29 is 13.2 Å². The number of rotatable bonds is 3. The number of urea groups is 1. The molecule has 1 saturated carbocycles. The summed E-state index contributed by atoms with van der Waals surface area (Å²) >= 11 is 0. The molecule has 2 amide bonds. The SMILES string of the molecule is Cc1ccc(S(=O)(=O)N(C(N)=O)C2CCCCC2)cc1. The van der Waals surface area contributed by atoms with Crippen molar-refractivity contribution in [3.05, 3.63) is 29.8 Å². The maximum absolute atomic E-state index is 12.6. The molecular formula is C14H20N2O3S. The zero-order valence-corrected chi connectivity index (χ0v) is 12.4. The van der Waals surface area contributed by atoms with Crippen LogP contribution >= 0.6 is 0 Å². The van der Waals surface area contributed by atoms with Crippen LogP contribution in [0.5, 0.6) is 0 Å². The number of amides is 2. The van der Waals surface area contributed by atoms with Gasteiger partial charge in [0.25, 0.3) is 10.0 Å². The Labute approximate surface area is 119 Å². The zero-order chi connectivity index (χ0) is 14.8. The summed E-state index contributed by atoms with van der Waals surface area (Å²) in [6.45, 7) is 1.88. The number of hydrogen-bond donors (Lipinski definition) is 1. The van der Waals surface area contributed by atoms with Crippen LogP contribution < -0.4 is 5.73 Å². The number of hydrogen-bond acceptors (Lipinski definition) is 3. The lowest BCUT2D eigenvalue weighted by atomic mass is 9.96. The molecule has 0 saturated heterocycles. The smallest absolute Gasteiger partial charge is 0.328 e. The molecule has 1 aromatic rings. The van der Waals surface area contributed by atoms with Crippen LogP contribution in [0.25, 0.3) is 0 Å². The van der Waals surface area contributed by atoms with Crippen molar-refractivity contribution in [2.24, 2.45) is 5.73 Å². The molecule has 0 heterocycles. The molecule has 1 aromatic carbocycles. The monoisotopic (exact) mass is 296 g/mol. The van der Waals surface area contributed by atoms with Gasteiger partial charge in [0.05, 0.1) is 10.9 Å². The van der Waals surface area contributed by atoms with Gasteiger partial charge in [-0.1, -0.05) is 37.0 Å². The molecule has 0 aromatic heterocycles. The Morgan fingerprint density at radius 1 is 1.15 bits per heavy atom. The number of benzene rings is 1. The largest absolute Gasteiger partial charge is 0.351 e. The van der Waals surface area contributed by atoms with Gasteiger partial charge in [-0.3, -0.25) is 0 Å². The normalized spacial score (nSPS) is 16.9. The second kappa shape index (κ2) is 5.83. The minimum absolute atomic E-state index is 0.118. The predicted molar refractivity (Wildman–Crippen MR) is 76.7 cm³/mol. The van der Waals surface area contributed by atoms with Crippen LogP contribution in [-0.4, -0.2) is 24.8 Å². The van der Waals surface area contributed by atoms with E-state index >= 15 is 0 Å². The average Bonchev–Trinajstić information content (AvgIpc) is 2.39. The fourth-order valence-corrected chi connectivity index (χ4v) is 4.18. The molecule has 0 aliphatic heterocycles. The van der Waals surface area contributed by atoms with Crippen molar-refractivity contribution in [2.45, 2.75) is 50.0 Å². The lowest BCUT2D eigenvalue weighted by Gasteiger charge is -2.32. The molecule has 110 valence electrons. The molecular weight excluding hydrogens is 276 g/mol. The minimum Gasteiger partial charge on any atom is -0.351 e. The lowest BCUT2D eigenvalue weighted by Crippen LogP contribution is -2.48. The molecule has 1 aliphatic rings. The topological polar surface area (TPSA) is 80.5 Å². The van der Waals surface area contributed by atoms with Crippen molar-refractivity contribution in [1.82, 2.24) is 4.31 Å². The van der Waals surface area contributed by atoms with E-state index in [1.165, 1.54) is 12.1 Å². The summed E-state index contributed by atoms with van der Waals surface area (Å²) in [6.07, 6.45) is 4.31. The minimum atomic E-state index is -3.86. The van der Waals surface area contributed by atoms with Gasteiger partial charge < -0.3 is 5.73 Å². The van der Waals surface area contributed by atoms with Crippen LogP contribution in [0.1, 0.15) is 37.7 Å².